The Bertz CT molecular complexity index is 117. The first-order valence-corrected chi connectivity index (χ1v) is 3.73. The van der Waals surface area contributed by atoms with E-state index in [1.165, 1.54) is 0 Å². The molecule has 1 rings (SSSR count). The summed E-state index contributed by atoms with van der Waals surface area (Å²) in [6.45, 7) is 7.79. The molecule has 1 atom stereocenters. The molecule has 0 aromatic rings. The minimum atomic E-state index is 0.352. The smallest absolute Gasteiger partial charge is 0.0441 e. The predicted octanol–water partition coefficient (Wildman–Crippen LogP) is 0.356. The van der Waals surface area contributed by atoms with E-state index >= 15 is 0 Å². The van der Waals surface area contributed by atoms with Gasteiger partial charge in [0.05, 0.1) is 0 Å². The molecule has 3 heteroatoms. The third kappa shape index (κ3) is 1.48. The summed E-state index contributed by atoms with van der Waals surface area (Å²) in [4.78, 5) is 0. The van der Waals surface area contributed by atoms with Crippen LogP contribution in [-0.4, -0.2) is 24.6 Å². The quantitative estimate of drug-likeness (QED) is 0.512. The van der Waals surface area contributed by atoms with Crippen LogP contribution in [0.2, 0.25) is 0 Å². The van der Waals surface area contributed by atoms with E-state index < -0.39 is 0 Å². The third-order valence-electron chi connectivity index (χ3n) is 2.02. The van der Waals surface area contributed by atoms with Gasteiger partial charge in [-0.1, -0.05) is 20.8 Å². The van der Waals surface area contributed by atoms with E-state index in [4.69, 9.17) is 0 Å². The second kappa shape index (κ2) is 2.49. The zero-order valence-electron chi connectivity index (χ0n) is 7.23. The zero-order valence-corrected chi connectivity index (χ0v) is 7.23. The molecule has 1 heterocycles. The maximum absolute atomic E-state index is 3.10. The van der Waals surface area contributed by atoms with Crippen molar-refractivity contribution >= 4 is 0 Å². The highest BCUT2D eigenvalue weighted by molar-refractivity contribution is 4.84. The molecule has 0 saturated carbocycles. The molecule has 0 bridgehead atoms. The Morgan fingerprint density at radius 1 is 1.40 bits per heavy atom. The van der Waals surface area contributed by atoms with Crippen molar-refractivity contribution in [1.29, 1.82) is 0 Å². The van der Waals surface area contributed by atoms with Crippen LogP contribution >= 0.6 is 0 Å². The molecule has 0 radical (unpaired) electrons. The Hall–Kier alpha value is -0.120. The lowest BCUT2D eigenvalue weighted by atomic mass is 9.87. The Balaban J connectivity index is 2.55. The van der Waals surface area contributed by atoms with Gasteiger partial charge in [-0.25, -0.2) is 10.4 Å². The molecule has 2 N–H and O–H groups in total. The molecule has 60 valence electrons. The van der Waals surface area contributed by atoms with Crippen LogP contribution in [0.4, 0.5) is 0 Å². The minimum Gasteiger partial charge on any atom is -0.242 e. The lowest BCUT2D eigenvalue weighted by molar-refractivity contribution is 0.135. The summed E-state index contributed by atoms with van der Waals surface area (Å²) < 4.78 is 0. The molecule has 10 heavy (non-hydrogen) atoms. The highest BCUT2D eigenvalue weighted by atomic mass is 15.7. The van der Waals surface area contributed by atoms with Crippen molar-refractivity contribution in [1.82, 2.24) is 16.0 Å². The fourth-order valence-electron chi connectivity index (χ4n) is 1.37. The van der Waals surface area contributed by atoms with Crippen molar-refractivity contribution in [3.8, 4) is 0 Å². The second-order valence-corrected chi connectivity index (χ2v) is 3.99. The van der Waals surface area contributed by atoms with Crippen LogP contribution in [-0.2, 0) is 0 Å². The fraction of sp³-hybridized carbons (Fsp3) is 1.00. The van der Waals surface area contributed by atoms with Crippen LogP contribution in [0.25, 0.3) is 0 Å². The molecule has 3 nitrogen and oxygen atoms in total. The molecule has 0 amide bonds. The maximum Gasteiger partial charge on any atom is 0.0441 e. The molecule has 0 aliphatic carbocycles. The molecular weight excluding hydrogens is 126 g/mol. The van der Waals surface area contributed by atoms with E-state index in [2.05, 4.69) is 43.8 Å². The number of likely N-dealkylation sites (N-methyl/N-ethyl adjacent to an activating group) is 1. The topological polar surface area (TPSA) is 27.3 Å². The van der Waals surface area contributed by atoms with Gasteiger partial charge in [0.25, 0.3) is 0 Å². The standard InChI is InChI=1S/C7H17N3/c1-7(2,3)6-5-8-9-10(6)4/h6,8-9H,5H2,1-4H3. The van der Waals surface area contributed by atoms with Gasteiger partial charge in [-0.15, -0.1) is 0 Å². The van der Waals surface area contributed by atoms with Crippen molar-refractivity contribution in [3.05, 3.63) is 0 Å². The minimum absolute atomic E-state index is 0.352. The first kappa shape index (κ1) is 7.98. The average Bonchev–Trinajstić information content (AvgIpc) is 2.11. The number of rotatable bonds is 0. The normalized spacial score (nSPS) is 29.4. The Morgan fingerprint density at radius 3 is 2.20 bits per heavy atom. The molecule has 1 unspecified atom stereocenters. The van der Waals surface area contributed by atoms with E-state index in [9.17, 15) is 0 Å². The van der Waals surface area contributed by atoms with Crippen molar-refractivity contribution in [2.24, 2.45) is 5.41 Å². The van der Waals surface area contributed by atoms with Crippen LogP contribution in [0.3, 0.4) is 0 Å². The van der Waals surface area contributed by atoms with Crippen LogP contribution in [0.1, 0.15) is 20.8 Å². The average molecular weight is 143 g/mol. The summed E-state index contributed by atoms with van der Waals surface area (Å²) >= 11 is 0. The van der Waals surface area contributed by atoms with Crippen molar-refractivity contribution in [2.75, 3.05) is 13.6 Å². The van der Waals surface area contributed by atoms with Gasteiger partial charge in [-0.2, -0.15) is 5.53 Å². The van der Waals surface area contributed by atoms with Crippen LogP contribution in [0.5, 0.6) is 0 Å². The second-order valence-electron chi connectivity index (χ2n) is 3.99. The molecule has 1 aliphatic heterocycles. The molecule has 0 aromatic carbocycles. The van der Waals surface area contributed by atoms with E-state index in [1.807, 2.05) is 0 Å². The van der Waals surface area contributed by atoms with E-state index in [0.29, 0.717) is 11.5 Å². The Labute approximate surface area is 62.7 Å². The monoisotopic (exact) mass is 143 g/mol. The Kier molecular flexibility index (Phi) is 1.99. The lowest BCUT2D eigenvalue weighted by Crippen LogP contribution is -2.42. The van der Waals surface area contributed by atoms with Crippen molar-refractivity contribution < 1.29 is 0 Å². The van der Waals surface area contributed by atoms with Crippen LogP contribution in [0, 0.1) is 5.41 Å². The number of hydrogen-bond acceptors (Lipinski definition) is 3. The van der Waals surface area contributed by atoms with Gasteiger partial charge in [0.15, 0.2) is 0 Å². The summed E-state index contributed by atoms with van der Waals surface area (Å²) in [5.74, 6) is 0. The first-order valence-electron chi connectivity index (χ1n) is 3.73. The number of hydrogen-bond donors (Lipinski definition) is 2. The summed E-state index contributed by atoms with van der Waals surface area (Å²) in [5.41, 5.74) is 6.52. The fourth-order valence-corrected chi connectivity index (χ4v) is 1.37. The summed E-state index contributed by atoms with van der Waals surface area (Å²) in [7, 11) is 2.07. The number of nitrogens with one attached hydrogen (secondary N) is 2. The molecule has 1 fully saturated rings. The van der Waals surface area contributed by atoms with Crippen LogP contribution in [0.15, 0.2) is 0 Å². The van der Waals surface area contributed by atoms with E-state index in [1.54, 1.807) is 0 Å². The van der Waals surface area contributed by atoms with E-state index in [0.717, 1.165) is 6.54 Å². The summed E-state index contributed by atoms with van der Waals surface area (Å²) in [6, 6.07) is 0.590. The van der Waals surface area contributed by atoms with Gasteiger partial charge in [0.2, 0.25) is 0 Å². The summed E-state index contributed by atoms with van der Waals surface area (Å²) in [6.07, 6.45) is 0. The Morgan fingerprint density at radius 2 is 2.00 bits per heavy atom. The first-order chi connectivity index (χ1) is 4.52. The van der Waals surface area contributed by atoms with Crippen molar-refractivity contribution in [2.45, 2.75) is 26.8 Å². The number of nitrogens with zero attached hydrogens (tertiary/aromatic N) is 1. The van der Waals surface area contributed by atoms with Gasteiger partial charge >= 0.3 is 0 Å². The van der Waals surface area contributed by atoms with E-state index in [-0.39, 0.29) is 0 Å². The predicted molar refractivity (Wildman–Crippen MR) is 42.1 cm³/mol. The van der Waals surface area contributed by atoms with Gasteiger partial charge in [-0.05, 0) is 5.41 Å². The van der Waals surface area contributed by atoms with Gasteiger partial charge in [-0.3, -0.25) is 0 Å². The molecule has 0 aromatic heterocycles. The zero-order chi connectivity index (χ0) is 7.78. The molecule has 0 spiro atoms. The highest BCUT2D eigenvalue weighted by Crippen LogP contribution is 2.23. The number of hydrazine groups is 2. The third-order valence-corrected chi connectivity index (χ3v) is 2.02. The van der Waals surface area contributed by atoms with Gasteiger partial charge in [0.1, 0.15) is 0 Å². The lowest BCUT2D eigenvalue weighted by Gasteiger charge is -2.30. The van der Waals surface area contributed by atoms with Crippen molar-refractivity contribution in [3.63, 3.8) is 0 Å². The summed E-state index contributed by atoms with van der Waals surface area (Å²) in [5, 5.41) is 2.12. The largest absolute Gasteiger partial charge is 0.242 e. The molecular formula is C7H17N3. The molecule has 1 aliphatic rings. The van der Waals surface area contributed by atoms with Crippen LogP contribution < -0.4 is 11.0 Å². The molecule has 1 saturated heterocycles. The van der Waals surface area contributed by atoms with Gasteiger partial charge < -0.3 is 0 Å². The SMILES string of the molecule is CN1NNCC1C(C)(C)C. The highest BCUT2D eigenvalue weighted by Gasteiger charge is 2.31. The maximum atomic E-state index is 3.10. The van der Waals surface area contributed by atoms with Gasteiger partial charge in [0, 0.05) is 19.6 Å².